The maximum atomic E-state index is 12.3. The highest BCUT2D eigenvalue weighted by atomic mass is 32.2. The molecular weight excluding hydrogens is 274 g/mol. The number of hydrogen-bond acceptors (Lipinski definition) is 3. The van der Waals surface area contributed by atoms with Gasteiger partial charge in [-0.3, -0.25) is 0 Å². The molecule has 0 spiro atoms. The topological polar surface area (TPSA) is 66.4 Å². The van der Waals surface area contributed by atoms with Gasteiger partial charge in [-0.25, -0.2) is 13.1 Å². The highest BCUT2D eigenvalue weighted by Crippen LogP contribution is 2.41. The summed E-state index contributed by atoms with van der Waals surface area (Å²) in [5.41, 5.74) is 0.737. The van der Waals surface area contributed by atoms with Crippen molar-refractivity contribution in [2.24, 2.45) is 5.41 Å². The van der Waals surface area contributed by atoms with Crippen LogP contribution in [0.15, 0.2) is 29.2 Å². The molecule has 2 rings (SSSR count). The van der Waals surface area contributed by atoms with E-state index in [1.807, 2.05) is 26.0 Å². The van der Waals surface area contributed by atoms with E-state index in [0.29, 0.717) is 6.42 Å². The number of aliphatic hydroxyl groups is 1. The molecule has 1 aromatic rings. The van der Waals surface area contributed by atoms with Gasteiger partial charge in [0.05, 0.1) is 11.0 Å². The first-order valence-electron chi connectivity index (χ1n) is 7.06. The Bertz CT molecular complexity index is 563. The maximum absolute atomic E-state index is 12.3. The Balaban J connectivity index is 2.11. The molecule has 0 aliphatic heterocycles. The van der Waals surface area contributed by atoms with Crippen molar-refractivity contribution in [2.75, 3.05) is 0 Å². The number of rotatable bonds is 5. The lowest BCUT2D eigenvalue weighted by atomic mass is 9.65. The molecule has 1 fully saturated rings. The third kappa shape index (κ3) is 2.90. The number of aliphatic hydroxyl groups excluding tert-OH is 1. The van der Waals surface area contributed by atoms with Crippen molar-refractivity contribution in [3.8, 4) is 0 Å². The average molecular weight is 297 g/mol. The standard InChI is InChI=1S/C15H23NO3S/c1-4-5-11-6-8-12(9-7-11)20(18,19)16-13-10-14(17)15(13,2)3/h6-9,13-14,16-17H,4-5,10H2,1-3H3. The summed E-state index contributed by atoms with van der Waals surface area (Å²) in [5, 5.41) is 9.67. The van der Waals surface area contributed by atoms with Gasteiger partial charge in [-0.05, 0) is 30.5 Å². The molecule has 2 unspecified atom stereocenters. The SMILES string of the molecule is CCCc1ccc(S(=O)(=O)NC2CC(O)C2(C)C)cc1. The first kappa shape index (κ1) is 15.5. The fourth-order valence-electron chi connectivity index (χ4n) is 2.48. The molecule has 0 heterocycles. The lowest BCUT2D eigenvalue weighted by molar-refractivity contribution is -0.0645. The van der Waals surface area contributed by atoms with Gasteiger partial charge in [-0.2, -0.15) is 0 Å². The van der Waals surface area contributed by atoms with E-state index in [1.165, 1.54) is 0 Å². The Morgan fingerprint density at radius 2 is 1.90 bits per heavy atom. The van der Waals surface area contributed by atoms with E-state index >= 15 is 0 Å². The Labute approximate surface area is 121 Å². The molecule has 0 amide bonds. The molecule has 0 saturated heterocycles. The second-order valence-corrected chi connectivity index (χ2v) is 7.85. The van der Waals surface area contributed by atoms with E-state index < -0.39 is 21.5 Å². The van der Waals surface area contributed by atoms with Crippen molar-refractivity contribution in [2.45, 2.75) is 57.1 Å². The van der Waals surface area contributed by atoms with E-state index in [2.05, 4.69) is 11.6 Å². The molecule has 112 valence electrons. The molecule has 1 aliphatic carbocycles. The minimum atomic E-state index is -3.51. The summed E-state index contributed by atoms with van der Waals surface area (Å²) in [4.78, 5) is 0.287. The van der Waals surface area contributed by atoms with Gasteiger partial charge in [0.1, 0.15) is 0 Å². The van der Waals surface area contributed by atoms with E-state index in [4.69, 9.17) is 0 Å². The van der Waals surface area contributed by atoms with Crippen LogP contribution in [0, 0.1) is 5.41 Å². The third-order valence-corrected chi connectivity index (χ3v) is 5.77. The van der Waals surface area contributed by atoms with E-state index in [0.717, 1.165) is 18.4 Å². The van der Waals surface area contributed by atoms with Gasteiger partial charge >= 0.3 is 0 Å². The zero-order valence-electron chi connectivity index (χ0n) is 12.3. The Morgan fingerprint density at radius 1 is 1.30 bits per heavy atom. The van der Waals surface area contributed by atoms with Crippen LogP contribution in [0.4, 0.5) is 0 Å². The Hall–Kier alpha value is -0.910. The lowest BCUT2D eigenvalue weighted by Gasteiger charge is -2.49. The molecule has 5 heteroatoms. The van der Waals surface area contributed by atoms with Crippen LogP contribution >= 0.6 is 0 Å². The van der Waals surface area contributed by atoms with Crippen LogP contribution in [0.1, 0.15) is 39.2 Å². The molecule has 20 heavy (non-hydrogen) atoms. The summed E-state index contributed by atoms with van der Waals surface area (Å²) < 4.78 is 27.3. The van der Waals surface area contributed by atoms with Crippen molar-refractivity contribution in [3.05, 3.63) is 29.8 Å². The van der Waals surface area contributed by atoms with Crippen LogP contribution < -0.4 is 4.72 Å². The number of benzene rings is 1. The molecule has 4 nitrogen and oxygen atoms in total. The van der Waals surface area contributed by atoms with Crippen LogP contribution in [0.25, 0.3) is 0 Å². The molecule has 0 bridgehead atoms. The van der Waals surface area contributed by atoms with Crippen LogP contribution in [-0.2, 0) is 16.4 Å². The molecule has 2 atom stereocenters. The fourth-order valence-corrected chi connectivity index (χ4v) is 3.89. The van der Waals surface area contributed by atoms with Crippen LogP contribution in [0.5, 0.6) is 0 Å². The minimum Gasteiger partial charge on any atom is -0.392 e. The Morgan fingerprint density at radius 3 is 2.35 bits per heavy atom. The molecule has 0 radical (unpaired) electrons. The molecule has 1 saturated carbocycles. The third-order valence-electron chi connectivity index (χ3n) is 4.29. The molecule has 1 aromatic carbocycles. The summed E-state index contributed by atoms with van der Waals surface area (Å²) in [5.74, 6) is 0. The summed E-state index contributed by atoms with van der Waals surface area (Å²) in [6, 6.07) is 6.81. The molecular formula is C15H23NO3S. The first-order chi connectivity index (χ1) is 9.27. The van der Waals surface area contributed by atoms with E-state index in [9.17, 15) is 13.5 Å². The van der Waals surface area contributed by atoms with Gasteiger partial charge in [0.2, 0.25) is 10.0 Å². The summed E-state index contributed by atoms with van der Waals surface area (Å²) in [6.45, 7) is 5.84. The first-order valence-corrected chi connectivity index (χ1v) is 8.55. The summed E-state index contributed by atoms with van der Waals surface area (Å²) >= 11 is 0. The number of sulfonamides is 1. The number of aryl methyl sites for hydroxylation is 1. The monoisotopic (exact) mass is 297 g/mol. The van der Waals surface area contributed by atoms with Gasteiger partial charge in [0, 0.05) is 11.5 Å². The van der Waals surface area contributed by atoms with Gasteiger partial charge in [0.25, 0.3) is 0 Å². The van der Waals surface area contributed by atoms with Crippen molar-refractivity contribution in [3.63, 3.8) is 0 Å². The smallest absolute Gasteiger partial charge is 0.240 e. The summed E-state index contributed by atoms with van der Waals surface area (Å²) in [7, 11) is -3.51. The summed E-state index contributed by atoms with van der Waals surface area (Å²) in [6.07, 6.45) is 2.02. The van der Waals surface area contributed by atoms with Crippen LogP contribution in [-0.4, -0.2) is 25.7 Å². The van der Waals surface area contributed by atoms with Crippen molar-refractivity contribution in [1.29, 1.82) is 0 Å². The second-order valence-electron chi connectivity index (χ2n) is 6.14. The van der Waals surface area contributed by atoms with Crippen molar-refractivity contribution >= 4 is 10.0 Å². The van der Waals surface area contributed by atoms with Gasteiger partial charge in [-0.1, -0.05) is 39.3 Å². The van der Waals surface area contributed by atoms with Gasteiger partial charge in [-0.15, -0.1) is 0 Å². The average Bonchev–Trinajstić information content (AvgIpc) is 2.39. The molecule has 1 aliphatic rings. The molecule has 0 aromatic heterocycles. The van der Waals surface area contributed by atoms with Crippen LogP contribution in [0.2, 0.25) is 0 Å². The second kappa shape index (κ2) is 5.47. The highest BCUT2D eigenvalue weighted by molar-refractivity contribution is 7.89. The normalized spacial score (nSPS) is 25.2. The van der Waals surface area contributed by atoms with E-state index in [-0.39, 0.29) is 10.9 Å². The predicted molar refractivity (Wildman–Crippen MR) is 79.0 cm³/mol. The van der Waals surface area contributed by atoms with Crippen molar-refractivity contribution < 1.29 is 13.5 Å². The van der Waals surface area contributed by atoms with E-state index in [1.54, 1.807) is 12.1 Å². The van der Waals surface area contributed by atoms with Gasteiger partial charge in [0.15, 0.2) is 0 Å². The highest BCUT2D eigenvalue weighted by Gasteiger charge is 2.48. The van der Waals surface area contributed by atoms with Crippen LogP contribution in [0.3, 0.4) is 0 Å². The predicted octanol–water partition coefficient (Wildman–Crippen LogP) is 2.08. The minimum absolute atomic E-state index is 0.210. The largest absolute Gasteiger partial charge is 0.392 e. The van der Waals surface area contributed by atoms with Crippen molar-refractivity contribution in [1.82, 2.24) is 4.72 Å². The molecule has 2 N–H and O–H groups in total. The van der Waals surface area contributed by atoms with Gasteiger partial charge < -0.3 is 5.11 Å². The lowest BCUT2D eigenvalue weighted by Crippen LogP contribution is -2.61. The quantitative estimate of drug-likeness (QED) is 0.874. The zero-order valence-corrected chi connectivity index (χ0v) is 13.1. The Kier molecular flexibility index (Phi) is 4.23. The number of nitrogens with one attached hydrogen (secondary N) is 1. The fraction of sp³-hybridized carbons (Fsp3) is 0.600. The zero-order chi connectivity index (χ0) is 15.0. The number of hydrogen-bond donors (Lipinski definition) is 2. The maximum Gasteiger partial charge on any atom is 0.240 e.